The lowest BCUT2D eigenvalue weighted by molar-refractivity contribution is 0.0789. The Balaban J connectivity index is 1.79. The van der Waals surface area contributed by atoms with Crippen molar-refractivity contribution in [3.63, 3.8) is 0 Å². The van der Waals surface area contributed by atoms with Gasteiger partial charge in [0.25, 0.3) is 5.19 Å². The van der Waals surface area contributed by atoms with Gasteiger partial charge in [0, 0.05) is 12.0 Å². The largest absolute Gasteiger partial charge is 0.473 e. The highest BCUT2D eigenvalue weighted by Crippen LogP contribution is 2.42. The van der Waals surface area contributed by atoms with E-state index in [0.29, 0.717) is 17.2 Å². The zero-order chi connectivity index (χ0) is 10.4. The number of methoxy groups -OCH3 is 1. The van der Waals surface area contributed by atoms with E-state index in [-0.39, 0.29) is 11.7 Å². The van der Waals surface area contributed by atoms with Crippen LogP contribution in [0.4, 0.5) is 0 Å². The Morgan fingerprint density at radius 1 is 1.73 bits per heavy atom. The minimum absolute atomic E-state index is 0.190. The lowest BCUT2D eigenvalue weighted by Gasteiger charge is -2.32. The van der Waals surface area contributed by atoms with Gasteiger partial charge in [0.05, 0.1) is 18.2 Å². The molecule has 80 valence electrons. The number of carbonyl (C=O) groups excluding carboxylic acids is 1. The van der Waals surface area contributed by atoms with E-state index in [9.17, 15) is 4.79 Å². The van der Waals surface area contributed by atoms with Crippen LogP contribution in [0.2, 0.25) is 0 Å². The molecule has 15 heavy (non-hydrogen) atoms. The van der Waals surface area contributed by atoms with Gasteiger partial charge in [-0.1, -0.05) is 11.3 Å². The minimum Gasteiger partial charge on any atom is -0.473 e. The number of hydrogen-bond acceptors (Lipinski definition) is 5. The first kappa shape index (κ1) is 9.30. The molecule has 3 heterocycles. The van der Waals surface area contributed by atoms with Crippen molar-refractivity contribution >= 4 is 17.1 Å². The molecule has 2 saturated heterocycles. The summed E-state index contributed by atoms with van der Waals surface area (Å²) in [4.78, 5) is 16.8. The van der Waals surface area contributed by atoms with Crippen LogP contribution >= 0.6 is 11.3 Å². The molecule has 0 aromatic carbocycles. The highest BCUT2D eigenvalue weighted by molar-refractivity contribution is 7.15. The maximum Gasteiger partial charge on any atom is 0.273 e. The molecule has 3 atom stereocenters. The van der Waals surface area contributed by atoms with Crippen LogP contribution in [-0.2, 0) is 0 Å². The van der Waals surface area contributed by atoms with E-state index < -0.39 is 0 Å². The van der Waals surface area contributed by atoms with Crippen molar-refractivity contribution in [3.8, 4) is 5.19 Å². The Labute approximate surface area is 91.7 Å². The summed E-state index contributed by atoms with van der Waals surface area (Å²) in [5.74, 6) is 0.979. The first-order chi connectivity index (χ1) is 7.29. The number of hydrogen-bond donors (Lipinski definition) is 1. The van der Waals surface area contributed by atoms with Crippen LogP contribution in [-0.4, -0.2) is 30.5 Å². The fraction of sp³-hybridized carbons (Fsp3) is 0.600. The van der Waals surface area contributed by atoms with Gasteiger partial charge in [-0.15, -0.1) is 0 Å². The zero-order valence-electron chi connectivity index (χ0n) is 8.40. The highest BCUT2D eigenvalue weighted by atomic mass is 32.1. The maximum atomic E-state index is 12.1. The molecule has 0 spiro atoms. The lowest BCUT2D eigenvalue weighted by Crippen LogP contribution is -2.42. The number of nitrogens with one attached hydrogen (secondary N) is 1. The van der Waals surface area contributed by atoms with E-state index in [0.717, 1.165) is 17.8 Å². The Morgan fingerprint density at radius 2 is 2.60 bits per heavy atom. The molecule has 0 amide bonds. The van der Waals surface area contributed by atoms with Crippen molar-refractivity contribution < 1.29 is 9.53 Å². The second-order valence-electron chi connectivity index (χ2n) is 4.10. The number of aromatic nitrogens is 1. The molecule has 2 aliphatic heterocycles. The predicted octanol–water partition coefficient (Wildman–Crippen LogP) is 0.942. The summed E-state index contributed by atoms with van der Waals surface area (Å²) in [5, 5.41) is 3.91. The van der Waals surface area contributed by atoms with E-state index in [1.807, 2.05) is 0 Å². The molecule has 0 radical (unpaired) electrons. The fourth-order valence-electron chi connectivity index (χ4n) is 2.50. The van der Waals surface area contributed by atoms with E-state index in [1.54, 1.807) is 13.3 Å². The van der Waals surface area contributed by atoms with Crippen molar-refractivity contribution in [1.82, 2.24) is 10.3 Å². The average Bonchev–Trinajstić information content (AvgIpc) is 2.93. The van der Waals surface area contributed by atoms with E-state index in [4.69, 9.17) is 4.74 Å². The van der Waals surface area contributed by atoms with E-state index in [1.165, 1.54) is 11.3 Å². The van der Waals surface area contributed by atoms with Gasteiger partial charge < -0.3 is 10.1 Å². The Kier molecular flexibility index (Phi) is 2.03. The molecule has 1 aromatic heterocycles. The topological polar surface area (TPSA) is 51.2 Å². The van der Waals surface area contributed by atoms with Gasteiger partial charge in [-0.3, -0.25) is 4.79 Å². The van der Waals surface area contributed by atoms with Crippen molar-refractivity contribution in [1.29, 1.82) is 0 Å². The quantitative estimate of drug-likeness (QED) is 0.776. The van der Waals surface area contributed by atoms with Crippen molar-refractivity contribution in [2.75, 3.05) is 13.7 Å². The van der Waals surface area contributed by atoms with Crippen molar-refractivity contribution in [2.45, 2.75) is 12.5 Å². The molecule has 3 fully saturated rings. The molecule has 1 saturated carbocycles. The molecule has 4 rings (SSSR count). The number of ether oxygens (including phenoxy) is 1. The van der Waals surface area contributed by atoms with Crippen LogP contribution in [0, 0.1) is 11.8 Å². The number of ketones is 1. The molecular weight excluding hydrogens is 212 g/mol. The standard InChI is InChI=1S/C10H12N2O2S/c1-14-10-12-4-7(15-10)9(13)8-5-2-6(8)11-3-5/h4-6,8,11H,2-3H2,1H3. The third kappa shape index (κ3) is 1.30. The first-order valence-corrected chi connectivity index (χ1v) is 5.88. The number of carbonyl (C=O) groups is 1. The summed E-state index contributed by atoms with van der Waals surface area (Å²) in [5.41, 5.74) is 0. The molecule has 2 bridgehead atoms. The Hall–Kier alpha value is -0.940. The fourth-order valence-corrected chi connectivity index (χ4v) is 3.22. The summed E-state index contributed by atoms with van der Waals surface area (Å²) < 4.78 is 4.99. The number of nitrogens with zero attached hydrogens (tertiary/aromatic N) is 1. The van der Waals surface area contributed by atoms with Gasteiger partial charge >= 0.3 is 0 Å². The van der Waals surface area contributed by atoms with Gasteiger partial charge in [-0.05, 0) is 18.9 Å². The number of rotatable bonds is 3. The lowest BCUT2D eigenvalue weighted by atomic mass is 9.71. The second kappa shape index (κ2) is 3.28. The van der Waals surface area contributed by atoms with Gasteiger partial charge in [-0.2, -0.15) is 0 Å². The van der Waals surface area contributed by atoms with Crippen LogP contribution in [0.15, 0.2) is 6.20 Å². The maximum absolute atomic E-state index is 12.1. The molecule has 1 N–H and O–H groups in total. The van der Waals surface area contributed by atoms with Crippen LogP contribution in [0.1, 0.15) is 16.1 Å². The molecule has 1 aromatic rings. The van der Waals surface area contributed by atoms with Crippen molar-refractivity contribution in [3.05, 3.63) is 11.1 Å². The normalized spacial score (nSPS) is 32.5. The summed E-state index contributed by atoms with van der Waals surface area (Å²) in [6, 6.07) is 0.413. The summed E-state index contributed by atoms with van der Waals surface area (Å²) >= 11 is 1.34. The summed E-state index contributed by atoms with van der Waals surface area (Å²) in [7, 11) is 1.57. The van der Waals surface area contributed by atoms with Crippen LogP contribution in [0.3, 0.4) is 0 Å². The smallest absolute Gasteiger partial charge is 0.273 e. The highest BCUT2D eigenvalue weighted by Gasteiger charge is 2.50. The molecule has 5 heteroatoms. The van der Waals surface area contributed by atoms with E-state index in [2.05, 4.69) is 10.3 Å². The zero-order valence-corrected chi connectivity index (χ0v) is 9.21. The number of fused-ring (bicyclic) bond motifs is 1. The Bertz CT molecular complexity index is 390. The van der Waals surface area contributed by atoms with Crippen molar-refractivity contribution in [2.24, 2.45) is 11.8 Å². The molecular formula is C10H12N2O2S. The molecule has 4 nitrogen and oxygen atoms in total. The molecule has 3 aliphatic rings. The summed E-state index contributed by atoms with van der Waals surface area (Å²) in [6.45, 7) is 0.997. The van der Waals surface area contributed by atoms with Gasteiger partial charge in [0.15, 0.2) is 5.78 Å². The predicted molar refractivity (Wildman–Crippen MR) is 56.4 cm³/mol. The monoisotopic (exact) mass is 224 g/mol. The second-order valence-corrected chi connectivity index (χ2v) is 5.09. The van der Waals surface area contributed by atoms with Gasteiger partial charge in [0.1, 0.15) is 0 Å². The number of thiazole rings is 1. The van der Waals surface area contributed by atoms with Gasteiger partial charge in [-0.25, -0.2) is 4.98 Å². The third-order valence-corrected chi connectivity index (χ3v) is 4.32. The first-order valence-electron chi connectivity index (χ1n) is 5.07. The van der Waals surface area contributed by atoms with Crippen LogP contribution in [0.25, 0.3) is 0 Å². The minimum atomic E-state index is 0.190. The van der Waals surface area contributed by atoms with Crippen LogP contribution in [0.5, 0.6) is 5.19 Å². The average molecular weight is 224 g/mol. The van der Waals surface area contributed by atoms with Crippen LogP contribution < -0.4 is 10.1 Å². The van der Waals surface area contributed by atoms with Gasteiger partial charge in [0.2, 0.25) is 0 Å². The van der Waals surface area contributed by atoms with E-state index >= 15 is 0 Å². The molecule has 3 unspecified atom stereocenters. The Morgan fingerprint density at radius 3 is 3.13 bits per heavy atom. The molecule has 1 aliphatic carbocycles. The summed E-state index contributed by atoms with van der Waals surface area (Å²) in [6.07, 6.45) is 2.79. The number of Topliss-reactive ketones (excluding diaryl/α,β-unsaturated/α-hetero) is 1. The third-order valence-electron chi connectivity index (χ3n) is 3.34. The SMILES string of the molecule is COc1ncc(C(=O)C2C3CNC2C3)s1.